The van der Waals surface area contributed by atoms with Gasteiger partial charge >= 0.3 is 0 Å². The molecule has 2 amide bonds. The van der Waals surface area contributed by atoms with Crippen molar-refractivity contribution < 1.29 is 27.5 Å². The summed E-state index contributed by atoms with van der Waals surface area (Å²) in [6.45, 7) is 4.30. The van der Waals surface area contributed by atoms with E-state index in [1.54, 1.807) is 43.3 Å². The summed E-state index contributed by atoms with van der Waals surface area (Å²) >= 11 is 6.09. The van der Waals surface area contributed by atoms with Gasteiger partial charge in [-0.3, -0.25) is 13.9 Å². The Labute approximate surface area is 211 Å². The van der Waals surface area contributed by atoms with Crippen molar-refractivity contribution in [3.8, 4) is 11.5 Å². The van der Waals surface area contributed by atoms with Crippen molar-refractivity contribution in [2.24, 2.45) is 0 Å². The van der Waals surface area contributed by atoms with E-state index in [-0.39, 0.29) is 44.5 Å². The molecule has 2 aromatic carbocycles. The van der Waals surface area contributed by atoms with Crippen molar-refractivity contribution in [3.63, 3.8) is 0 Å². The molecule has 1 N–H and O–H groups in total. The summed E-state index contributed by atoms with van der Waals surface area (Å²) in [7, 11) is -3.61. The number of carbonyl (C=O) groups is 2. The minimum Gasteiger partial charge on any atom is -0.454 e. The summed E-state index contributed by atoms with van der Waals surface area (Å²) in [6, 6.07) is 11.3. The highest BCUT2D eigenvalue weighted by molar-refractivity contribution is 7.92. The second kappa shape index (κ2) is 11.6. The van der Waals surface area contributed by atoms with Gasteiger partial charge in [-0.15, -0.1) is 0 Å². The first-order valence-corrected chi connectivity index (χ1v) is 13.5. The van der Waals surface area contributed by atoms with Crippen LogP contribution in [0.3, 0.4) is 0 Å². The number of nitrogens with zero attached hydrogens (tertiary/aromatic N) is 2. The Morgan fingerprint density at radius 3 is 2.57 bits per heavy atom. The Hall–Kier alpha value is -2.98. The molecule has 1 aliphatic heterocycles. The molecule has 11 heteroatoms. The Kier molecular flexibility index (Phi) is 8.85. The van der Waals surface area contributed by atoms with E-state index in [1.807, 2.05) is 13.0 Å². The summed E-state index contributed by atoms with van der Waals surface area (Å²) in [5.41, 5.74) is 1.22. The lowest BCUT2D eigenvalue weighted by atomic mass is 10.1. The van der Waals surface area contributed by atoms with Gasteiger partial charge < -0.3 is 19.7 Å². The van der Waals surface area contributed by atoms with E-state index >= 15 is 0 Å². The van der Waals surface area contributed by atoms with Gasteiger partial charge in [-0.05, 0) is 50.1 Å². The molecular weight excluding hydrogens is 494 g/mol. The first kappa shape index (κ1) is 26.6. The highest BCUT2D eigenvalue weighted by Crippen LogP contribution is 2.36. The smallest absolute Gasteiger partial charge is 0.242 e. The Morgan fingerprint density at radius 2 is 1.89 bits per heavy atom. The van der Waals surface area contributed by atoms with Crippen molar-refractivity contribution in [1.82, 2.24) is 10.2 Å². The molecule has 35 heavy (non-hydrogen) atoms. The van der Waals surface area contributed by atoms with Gasteiger partial charge in [-0.1, -0.05) is 23.7 Å². The van der Waals surface area contributed by atoms with Gasteiger partial charge in [0.15, 0.2) is 11.5 Å². The lowest BCUT2D eigenvalue weighted by molar-refractivity contribution is -0.140. The fourth-order valence-corrected chi connectivity index (χ4v) is 4.95. The van der Waals surface area contributed by atoms with Crippen LogP contribution in [0.2, 0.25) is 5.02 Å². The first-order valence-electron chi connectivity index (χ1n) is 11.3. The minimum absolute atomic E-state index is 0.0564. The number of hydrogen-bond donors (Lipinski definition) is 1. The molecule has 0 spiro atoms. The summed E-state index contributed by atoms with van der Waals surface area (Å²) in [5, 5.41) is 3.28. The normalized spacial score (nSPS) is 13.3. The van der Waals surface area contributed by atoms with Crippen LogP contribution >= 0.6 is 11.6 Å². The van der Waals surface area contributed by atoms with Crippen LogP contribution in [0.4, 0.5) is 5.69 Å². The van der Waals surface area contributed by atoms with Crippen molar-refractivity contribution in [2.45, 2.75) is 39.3 Å². The first-order chi connectivity index (χ1) is 16.6. The predicted octanol–water partition coefficient (Wildman–Crippen LogP) is 3.17. The molecule has 1 aliphatic rings. The quantitative estimate of drug-likeness (QED) is 0.485. The fourth-order valence-electron chi connectivity index (χ4n) is 3.78. The molecule has 0 aromatic heterocycles. The maximum Gasteiger partial charge on any atom is 0.242 e. The molecule has 0 radical (unpaired) electrons. The number of fused-ring (bicyclic) bond motifs is 1. The van der Waals surface area contributed by atoms with Crippen LogP contribution < -0.4 is 19.1 Å². The second-order valence-electron chi connectivity index (χ2n) is 8.20. The summed E-state index contributed by atoms with van der Waals surface area (Å²) in [4.78, 5) is 27.2. The van der Waals surface area contributed by atoms with Gasteiger partial charge in [0.25, 0.3) is 0 Å². The summed E-state index contributed by atoms with van der Waals surface area (Å²) in [5.74, 6) is 0.493. The maximum absolute atomic E-state index is 13.2. The van der Waals surface area contributed by atoms with Crippen molar-refractivity contribution >= 4 is 39.1 Å². The number of sulfonamides is 1. The predicted molar refractivity (Wildman–Crippen MR) is 134 cm³/mol. The van der Waals surface area contributed by atoms with Gasteiger partial charge in [0.2, 0.25) is 28.6 Å². The fraction of sp³-hybridized carbons (Fsp3) is 0.417. The number of ether oxygens (including phenoxy) is 2. The van der Waals surface area contributed by atoms with Crippen LogP contribution in [0, 0.1) is 0 Å². The molecule has 0 saturated heterocycles. The van der Waals surface area contributed by atoms with E-state index in [4.69, 9.17) is 21.1 Å². The molecule has 190 valence electrons. The van der Waals surface area contributed by atoms with Crippen LogP contribution in [0.25, 0.3) is 0 Å². The highest BCUT2D eigenvalue weighted by atomic mass is 35.5. The van der Waals surface area contributed by atoms with E-state index in [9.17, 15) is 18.0 Å². The number of benzene rings is 2. The number of nitrogens with one attached hydrogen (secondary N) is 1. The number of anilines is 1. The van der Waals surface area contributed by atoms with E-state index in [0.717, 1.165) is 11.8 Å². The van der Waals surface area contributed by atoms with Gasteiger partial charge in [0.1, 0.15) is 6.04 Å². The number of rotatable bonds is 11. The maximum atomic E-state index is 13.2. The SMILES string of the molecule is CCNC(=O)[C@@H](C)N(Cc1cccc(Cl)c1)C(=O)CCCN(c1ccc2c(c1)OCO2)S(C)(=O)=O. The molecule has 0 aliphatic carbocycles. The average Bonchev–Trinajstić information content (AvgIpc) is 3.27. The van der Waals surface area contributed by atoms with Gasteiger partial charge in [0.05, 0.1) is 11.9 Å². The van der Waals surface area contributed by atoms with Crippen molar-refractivity contribution in [3.05, 3.63) is 53.1 Å². The monoisotopic (exact) mass is 523 g/mol. The minimum atomic E-state index is -3.61. The average molecular weight is 524 g/mol. The Balaban J connectivity index is 1.72. The molecule has 0 unspecified atom stereocenters. The van der Waals surface area contributed by atoms with Gasteiger partial charge in [0, 0.05) is 37.1 Å². The molecule has 9 nitrogen and oxygen atoms in total. The zero-order valence-electron chi connectivity index (χ0n) is 20.0. The Bertz CT molecular complexity index is 1170. The van der Waals surface area contributed by atoms with Crippen LogP contribution in [-0.4, -0.2) is 57.3 Å². The van der Waals surface area contributed by atoms with Gasteiger partial charge in [-0.2, -0.15) is 0 Å². The van der Waals surface area contributed by atoms with Crippen molar-refractivity contribution in [2.75, 3.05) is 30.4 Å². The van der Waals surface area contributed by atoms with E-state index < -0.39 is 16.1 Å². The Morgan fingerprint density at radius 1 is 1.14 bits per heavy atom. The third-order valence-corrected chi connectivity index (χ3v) is 6.99. The molecule has 3 rings (SSSR count). The zero-order valence-corrected chi connectivity index (χ0v) is 21.6. The van der Waals surface area contributed by atoms with Crippen LogP contribution in [0.15, 0.2) is 42.5 Å². The molecule has 1 heterocycles. The third-order valence-electron chi connectivity index (χ3n) is 5.56. The topological polar surface area (TPSA) is 105 Å². The third kappa shape index (κ3) is 7.02. The lowest BCUT2D eigenvalue weighted by Gasteiger charge is -2.29. The molecule has 0 fully saturated rings. The van der Waals surface area contributed by atoms with Crippen LogP contribution in [0.5, 0.6) is 11.5 Å². The number of likely N-dealkylation sites (N-methyl/N-ethyl adjacent to an activating group) is 1. The van der Waals surface area contributed by atoms with E-state index in [1.165, 1.54) is 9.21 Å². The van der Waals surface area contributed by atoms with Gasteiger partial charge in [-0.25, -0.2) is 8.42 Å². The van der Waals surface area contributed by atoms with Crippen LogP contribution in [0.1, 0.15) is 32.3 Å². The number of carbonyl (C=O) groups excluding carboxylic acids is 2. The van der Waals surface area contributed by atoms with E-state index in [2.05, 4.69) is 5.32 Å². The second-order valence-corrected chi connectivity index (χ2v) is 10.5. The van der Waals surface area contributed by atoms with Crippen LogP contribution in [-0.2, 0) is 26.2 Å². The number of halogens is 1. The molecule has 1 atom stereocenters. The summed E-state index contributed by atoms with van der Waals surface area (Å²) in [6.07, 6.45) is 1.43. The standard InChI is InChI=1S/C24H30ClN3O6S/c1-4-26-24(30)17(2)27(15-18-7-5-8-19(25)13-18)23(29)9-6-12-28(35(3,31)32)20-10-11-21-22(14-20)34-16-33-21/h5,7-8,10-11,13-14,17H,4,6,9,12,15-16H2,1-3H3,(H,26,30)/t17-/m1/s1. The molecule has 0 saturated carbocycles. The highest BCUT2D eigenvalue weighted by Gasteiger charge is 2.27. The molecule has 2 aromatic rings. The largest absolute Gasteiger partial charge is 0.454 e. The summed E-state index contributed by atoms with van der Waals surface area (Å²) < 4.78 is 36.8. The zero-order chi connectivity index (χ0) is 25.6. The van der Waals surface area contributed by atoms with E-state index in [0.29, 0.717) is 28.8 Å². The molecular formula is C24H30ClN3O6S. The number of hydrogen-bond acceptors (Lipinski definition) is 6. The number of amides is 2. The molecule has 0 bridgehead atoms. The van der Waals surface area contributed by atoms with Crippen molar-refractivity contribution in [1.29, 1.82) is 0 Å². The lowest BCUT2D eigenvalue weighted by Crippen LogP contribution is -2.47.